The highest BCUT2D eigenvalue weighted by Crippen LogP contribution is 2.47. The molecule has 0 N–H and O–H groups in total. The lowest BCUT2D eigenvalue weighted by molar-refractivity contribution is -0.146. The number of rotatable bonds is 9. The second kappa shape index (κ2) is 11.8. The van der Waals surface area contributed by atoms with Crippen molar-refractivity contribution in [3.8, 4) is 17.0 Å². The normalized spacial score (nSPS) is 15.9. The Kier molecular flexibility index (Phi) is 8.88. The molecule has 1 aliphatic rings. The van der Waals surface area contributed by atoms with E-state index in [1.54, 1.807) is 6.92 Å². The SMILES string of the molecule is COC(=O)[C@@H](C)C(c1ccc(I)c(C[C@@H](C)c2ccc(-c3cc(OC)ccc3F)nc2C(F)(F)F)c1)C1CC1. The van der Waals surface area contributed by atoms with Gasteiger partial charge in [0.15, 0.2) is 0 Å². The summed E-state index contributed by atoms with van der Waals surface area (Å²) < 4.78 is 68.1. The molecule has 1 saturated carbocycles. The number of hydrogen-bond donors (Lipinski definition) is 0. The van der Waals surface area contributed by atoms with Crippen LogP contribution in [0, 0.1) is 21.2 Å². The van der Waals surface area contributed by atoms with E-state index in [2.05, 4.69) is 27.6 Å². The molecule has 0 aliphatic heterocycles. The van der Waals surface area contributed by atoms with Crippen molar-refractivity contribution < 1.29 is 31.8 Å². The molecule has 4 nitrogen and oxygen atoms in total. The summed E-state index contributed by atoms with van der Waals surface area (Å²) in [5, 5.41) is 0. The Morgan fingerprint density at radius 2 is 1.79 bits per heavy atom. The number of alkyl halides is 3. The fourth-order valence-electron chi connectivity index (χ4n) is 5.23. The summed E-state index contributed by atoms with van der Waals surface area (Å²) in [7, 11) is 2.78. The first-order chi connectivity index (χ1) is 18.4. The van der Waals surface area contributed by atoms with Gasteiger partial charge < -0.3 is 9.47 Å². The molecule has 0 amide bonds. The number of carbonyl (C=O) groups excluding carboxylic acids is 1. The molecule has 0 radical (unpaired) electrons. The van der Waals surface area contributed by atoms with Crippen molar-refractivity contribution in [1.29, 1.82) is 0 Å². The largest absolute Gasteiger partial charge is 0.497 e. The van der Waals surface area contributed by atoms with Crippen LogP contribution in [0.1, 0.15) is 60.9 Å². The molecule has 3 aromatic rings. The van der Waals surface area contributed by atoms with Crippen LogP contribution in [0.5, 0.6) is 5.75 Å². The monoisotopic (exact) mass is 655 g/mol. The third-order valence-corrected chi connectivity index (χ3v) is 8.45. The van der Waals surface area contributed by atoms with E-state index in [-0.39, 0.29) is 34.6 Å². The number of ether oxygens (including phenoxy) is 2. The van der Waals surface area contributed by atoms with Crippen molar-refractivity contribution in [1.82, 2.24) is 4.98 Å². The summed E-state index contributed by atoms with van der Waals surface area (Å²) in [5.74, 6) is -1.11. The van der Waals surface area contributed by atoms with Gasteiger partial charge in [0.1, 0.15) is 17.3 Å². The average molecular weight is 655 g/mol. The van der Waals surface area contributed by atoms with Gasteiger partial charge in [-0.05, 0) is 107 Å². The fraction of sp³-hybridized carbons (Fsp3) is 0.400. The smallest absolute Gasteiger partial charge is 0.433 e. The van der Waals surface area contributed by atoms with Crippen LogP contribution in [-0.2, 0) is 22.1 Å². The number of hydrogen-bond acceptors (Lipinski definition) is 4. The molecule has 9 heteroatoms. The van der Waals surface area contributed by atoms with Crippen LogP contribution < -0.4 is 4.74 Å². The minimum atomic E-state index is -4.73. The molecule has 0 bridgehead atoms. The van der Waals surface area contributed by atoms with Gasteiger partial charge in [0, 0.05) is 9.13 Å². The Hall–Kier alpha value is -2.69. The molecule has 4 rings (SSSR count). The first kappa shape index (κ1) is 29.3. The third kappa shape index (κ3) is 6.56. The summed E-state index contributed by atoms with van der Waals surface area (Å²) in [6, 6.07) is 12.6. The van der Waals surface area contributed by atoms with Crippen LogP contribution in [0.2, 0.25) is 0 Å². The van der Waals surface area contributed by atoms with Crippen molar-refractivity contribution in [2.75, 3.05) is 14.2 Å². The van der Waals surface area contributed by atoms with Gasteiger partial charge in [0.2, 0.25) is 0 Å². The molecule has 39 heavy (non-hydrogen) atoms. The van der Waals surface area contributed by atoms with Crippen molar-refractivity contribution in [3.63, 3.8) is 0 Å². The van der Waals surface area contributed by atoms with E-state index in [1.165, 1.54) is 38.5 Å². The summed E-state index contributed by atoms with van der Waals surface area (Å²) >= 11 is 2.19. The van der Waals surface area contributed by atoms with Crippen molar-refractivity contribution >= 4 is 28.6 Å². The lowest BCUT2D eigenvalue weighted by Crippen LogP contribution is -2.22. The van der Waals surface area contributed by atoms with Gasteiger partial charge in [-0.3, -0.25) is 4.79 Å². The third-order valence-electron chi connectivity index (χ3n) is 7.40. The lowest BCUT2D eigenvalue weighted by Gasteiger charge is -2.24. The first-order valence-corrected chi connectivity index (χ1v) is 13.8. The highest BCUT2D eigenvalue weighted by atomic mass is 127. The molecule has 2 aromatic carbocycles. The summed E-state index contributed by atoms with van der Waals surface area (Å²) in [6.07, 6.45) is -2.32. The number of carbonyl (C=O) groups is 1. The average Bonchev–Trinajstić information content (AvgIpc) is 3.74. The van der Waals surface area contributed by atoms with Gasteiger partial charge in [0.05, 0.1) is 25.8 Å². The maximum Gasteiger partial charge on any atom is 0.433 e. The molecular formula is C30H30F4INO3. The molecule has 1 aliphatic carbocycles. The predicted octanol–water partition coefficient (Wildman–Crippen LogP) is 8.17. The van der Waals surface area contributed by atoms with Gasteiger partial charge >= 0.3 is 12.1 Å². The zero-order valence-corrected chi connectivity index (χ0v) is 24.3. The van der Waals surface area contributed by atoms with Gasteiger partial charge in [-0.1, -0.05) is 32.0 Å². The van der Waals surface area contributed by atoms with Gasteiger partial charge in [-0.15, -0.1) is 0 Å². The van der Waals surface area contributed by atoms with Gasteiger partial charge in [-0.2, -0.15) is 13.2 Å². The van der Waals surface area contributed by atoms with E-state index < -0.39 is 23.6 Å². The number of esters is 1. The topological polar surface area (TPSA) is 48.4 Å². The van der Waals surface area contributed by atoms with Crippen LogP contribution in [0.4, 0.5) is 17.6 Å². The second-order valence-corrected chi connectivity index (χ2v) is 11.3. The quantitative estimate of drug-likeness (QED) is 0.133. The Morgan fingerprint density at radius 3 is 2.41 bits per heavy atom. The molecule has 208 valence electrons. The van der Waals surface area contributed by atoms with E-state index in [9.17, 15) is 22.4 Å². The van der Waals surface area contributed by atoms with E-state index in [4.69, 9.17) is 9.47 Å². The minimum Gasteiger partial charge on any atom is -0.497 e. The fourth-order valence-corrected chi connectivity index (χ4v) is 5.78. The zero-order chi connectivity index (χ0) is 28.5. The van der Waals surface area contributed by atoms with Gasteiger partial charge in [0.25, 0.3) is 0 Å². The molecule has 3 atom stereocenters. The van der Waals surface area contributed by atoms with Crippen molar-refractivity contribution in [3.05, 3.63) is 80.3 Å². The number of aromatic nitrogens is 1. The van der Waals surface area contributed by atoms with Crippen LogP contribution in [0.15, 0.2) is 48.5 Å². The highest BCUT2D eigenvalue weighted by Gasteiger charge is 2.40. The Balaban J connectivity index is 1.68. The summed E-state index contributed by atoms with van der Waals surface area (Å²) in [6.45, 7) is 3.60. The van der Waals surface area contributed by atoms with E-state index in [0.717, 1.165) is 33.6 Å². The van der Waals surface area contributed by atoms with Crippen LogP contribution in [-0.4, -0.2) is 25.2 Å². The molecule has 1 unspecified atom stereocenters. The van der Waals surface area contributed by atoms with E-state index in [1.807, 2.05) is 25.1 Å². The predicted molar refractivity (Wildman–Crippen MR) is 149 cm³/mol. The number of nitrogens with zero attached hydrogens (tertiary/aromatic N) is 1. The number of benzene rings is 2. The van der Waals surface area contributed by atoms with Crippen LogP contribution >= 0.6 is 22.6 Å². The molecular weight excluding hydrogens is 625 g/mol. The first-order valence-electron chi connectivity index (χ1n) is 12.7. The molecule has 0 saturated heterocycles. The lowest BCUT2D eigenvalue weighted by atomic mass is 9.82. The number of pyridine rings is 1. The minimum absolute atomic E-state index is 0.00653. The highest BCUT2D eigenvalue weighted by molar-refractivity contribution is 14.1. The van der Waals surface area contributed by atoms with Crippen molar-refractivity contribution in [2.24, 2.45) is 11.8 Å². The molecule has 0 spiro atoms. The second-order valence-electron chi connectivity index (χ2n) is 10.1. The van der Waals surface area contributed by atoms with Crippen molar-refractivity contribution in [2.45, 2.75) is 51.1 Å². The van der Waals surface area contributed by atoms with Crippen LogP contribution in [0.25, 0.3) is 11.3 Å². The molecule has 1 aromatic heterocycles. The standard InChI is InChI=1S/C30H30F4INO3/c1-16(13-20-14-19(7-11-25(20)35)27(18-5-6-18)17(2)29(37)39-4)22-9-12-26(36-28(22)30(32,33)34)23-15-21(38-3)8-10-24(23)31/h7-12,14-18,27H,5-6,13H2,1-4H3/t16-,17+,27?/m1/s1. The maximum atomic E-state index is 14.5. The van der Waals surface area contributed by atoms with Crippen LogP contribution in [0.3, 0.4) is 0 Å². The van der Waals surface area contributed by atoms with E-state index >= 15 is 0 Å². The summed E-state index contributed by atoms with van der Waals surface area (Å²) in [4.78, 5) is 16.2. The number of methoxy groups -OCH3 is 2. The molecule has 1 heterocycles. The Morgan fingerprint density at radius 1 is 1.08 bits per heavy atom. The summed E-state index contributed by atoms with van der Waals surface area (Å²) in [5.41, 5.74) is 0.728. The molecule has 1 fully saturated rings. The van der Waals surface area contributed by atoms with E-state index in [0.29, 0.717) is 18.1 Å². The Labute approximate surface area is 239 Å². The maximum absolute atomic E-state index is 14.5. The Bertz CT molecular complexity index is 1360. The van der Waals surface area contributed by atoms with Gasteiger partial charge in [-0.25, -0.2) is 9.37 Å². The number of halogens is 5. The zero-order valence-electron chi connectivity index (χ0n) is 22.1.